The minimum absolute atomic E-state index is 0.582. The van der Waals surface area contributed by atoms with E-state index in [0.717, 1.165) is 11.3 Å². The van der Waals surface area contributed by atoms with E-state index in [4.69, 9.17) is 0 Å². The van der Waals surface area contributed by atoms with E-state index in [-0.39, 0.29) is 0 Å². The van der Waals surface area contributed by atoms with Gasteiger partial charge in [-0.05, 0) is 13.0 Å². The van der Waals surface area contributed by atoms with E-state index in [9.17, 15) is 5.11 Å². The van der Waals surface area contributed by atoms with Crippen molar-refractivity contribution in [3.8, 4) is 5.69 Å². The molecule has 1 atom stereocenters. The van der Waals surface area contributed by atoms with Gasteiger partial charge in [0.15, 0.2) is 5.82 Å². The number of para-hydroxylation sites is 1. The maximum absolute atomic E-state index is 10.3. The second-order valence-electron chi connectivity index (χ2n) is 3.58. The van der Waals surface area contributed by atoms with Crippen LogP contribution in [0.25, 0.3) is 5.69 Å². The largest absolute Gasteiger partial charge is 0.377 e. The predicted octanol–water partition coefficient (Wildman–Crippen LogP) is 0.836. The van der Waals surface area contributed by atoms with E-state index >= 15 is 0 Å². The lowest BCUT2D eigenvalue weighted by Crippen LogP contribution is -2.20. The number of hydrogen-bond donors (Lipinski definition) is 1. The zero-order chi connectivity index (χ0) is 9.76. The van der Waals surface area contributed by atoms with Gasteiger partial charge in [-0.15, -0.1) is 0 Å². The second-order valence-corrected chi connectivity index (χ2v) is 3.58. The second kappa shape index (κ2) is 2.22. The van der Waals surface area contributed by atoms with Gasteiger partial charge >= 0.3 is 0 Å². The van der Waals surface area contributed by atoms with Crippen LogP contribution in [0.4, 0.5) is 0 Å². The maximum atomic E-state index is 10.3. The van der Waals surface area contributed by atoms with Crippen LogP contribution in [0.3, 0.4) is 0 Å². The molecule has 0 saturated carbocycles. The van der Waals surface area contributed by atoms with Gasteiger partial charge in [0.25, 0.3) is 0 Å². The molecule has 1 aromatic heterocycles. The first-order valence-corrected chi connectivity index (χ1v) is 4.44. The highest BCUT2D eigenvalue weighted by atomic mass is 16.3. The van der Waals surface area contributed by atoms with Crippen LogP contribution in [0.2, 0.25) is 0 Å². The Hall–Kier alpha value is -1.68. The minimum atomic E-state index is -1.02. The lowest BCUT2D eigenvalue weighted by atomic mass is 9.97. The normalized spacial score (nSPS) is 23.3. The molecule has 1 aliphatic heterocycles. The number of hydrogen-bond acceptors (Lipinski definition) is 3. The van der Waals surface area contributed by atoms with Gasteiger partial charge in [0.05, 0.1) is 5.69 Å². The molecule has 70 valence electrons. The van der Waals surface area contributed by atoms with E-state index in [1.54, 1.807) is 11.6 Å². The number of nitrogens with zero attached hydrogens (tertiary/aromatic N) is 3. The van der Waals surface area contributed by atoms with E-state index in [1.165, 1.54) is 6.33 Å². The first-order valence-electron chi connectivity index (χ1n) is 4.44. The molecule has 1 aromatic carbocycles. The molecule has 2 heterocycles. The lowest BCUT2D eigenvalue weighted by Gasteiger charge is -2.15. The number of fused-ring (bicyclic) bond motifs is 3. The van der Waals surface area contributed by atoms with Crippen molar-refractivity contribution in [1.82, 2.24) is 14.8 Å². The standard InChI is InChI=1S/C10H9N3O/c1-10(14)7-4-2-3-5-8(7)13-9(10)11-6-12-13/h2-6,14H,1H3. The summed E-state index contributed by atoms with van der Waals surface area (Å²) in [6, 6.07) is 7.64. The highest BCUT2D eigenvalue weighted by Crippen LogP contribution is 2.38. The number of rotatable bonds is 0. The fraction of sp³-hybridized carbons (Fsp3) is 0.200. The molecule has 2 aromatic rings. The number of benzene rings is 1. The molecule has 1 aliphatic rings. The third kappa shape index (κ3) is 0.719. The average molecular weight is 187 g/mol. The van der Waals surface area contributed by atoms with Crippen molar-refractivity contribution in [3.63, 3.8) is 0 Å². The van der Waals surface area contributed by atoms with Gasteiger partial charge < -0.3 is 5.11 Å². The third-order valence-corrected chi connectivity index (χ3v) is 2.64. The van der Waals surface area contributed by atoms with E-state index < -0.39 is 5.60 Å². The molecule has 0 amide bonds. The average Bonchev–Trinajstić information content (AvgIpc) is 2.72. The summed E-state index contributed by atoms with van der Waals surface area (Å²) in [5, 5.41) is 14.3. The molecule has 0 saturated heterocycles. The first-order chi connectivity index (χ1) is 6.71. The fourth-order valence-electron chi connectivity index (χ4n) is 1.94. The molecular formula is C10H9N3O. The Balaban J connectivity index is 2.42. The molecule has 0 aliphatic carbocycles. The quantitative estimate of drug-likeness (QED) is 0.664. The smallest absolute Gasteiger partial charge is 0.168 e. The van der Waals surface area contributed by atoms with Crippen molar-refractivity contribution in [2.45, 2.75) is 12.5 Å². The Kier molecular flexibility index (Phi) is 1.22. The summed E-state index contributed by atoms with van der Waals surface area (Å²) in [6.45, 7) is 1.74. The molecular weight excluding hydrogens is 178 g/mol. The Morgan fingerprint density at radius 3 is 3.00 bits per heavy atom. The van der Waals surface area contributed by atoms with Gasteiger partial charge in [0.1, 0.15) is 11.9 Å². The van der Waals surface area contributed by atoms with Crippen LogP contribution < -0.4 is 0 Å². The van der Waals surface area contributed by atoms with Crippen molar-refractivity contribution < 1.29 is 5.11 Å². The van der Waals surface area contributed by atoms with Crippen molar-refractivity contribution in [2.75, 3.05) is 0 Å². The lowest BCUT2D eigenvalue weighted by molar-refractivity contribution is 0.0986. The van der Waals surface area contributed by atoms with Gasteiger partial charge in [-0.1, -0.05) is 18.2 Å². The Morgan fingerprint density at radius 2 is 2.14 bits per heavy atom. The number of aromatic nitrogens is 3. The van der Waals surface area contributed by atoms with Gasteiger partial charge in [-0.3, -0.25) is 0 Å². The van der Waals surface area contributed by atoms with Crippen LogP contribution in [0.5, 0.6) is 0 Å². The molecule has 4 heteroatoms. The first kappa shape index (κ1) is 7.70. The maximum Gasteiger partial charge on any atom is 0.168 e. The summed E-state index contributed by atoms with van der Waals surface area (Å²) in [7, 11) is 0. The summed E-state index contributed by atoms with van der Waals surface area (Å²) < 4.78 is 1.68. The summed E-state index contributed by atoms with van der Waals surface area (Å²) >= 11 is 0. The minimum Gasteiger partial charge on any atom is -0.377 e. The third-order valence-electron chi connectivity index (χ3n) is 2.64. The van der Waals surface area contributed by atoms with Crippen LogP contribution in [-0.2, 0) is 5.60 Å². The molecule has 1 N–H and O–H groups in total. The van der Waals surface area contributed by atoms with Gasteiger partial charge in [-0.25, -0.2) is 9.67 Å². The van der Waals surface area contributed by atoms with Crippen LogP contribution in [-0.4, -0.2) is 19.9 Å². The molecule has 14 heavy (non-hydrogen) atoms. The molecule has 0 radical (unpaired) electrons. The van der Waals surface area contributed by atoms with E-state index in [1.807, 2.05) is 24.3 Å². The molecule has 3 rings (SSSR count). The fourth-order valence-corrected chi connectivity index (χ4v) is 1.94. The van der Waals surface area contributed by atoms with Gasteiger partial charge in [-0.2, -0.15) is 5.10 Å². The predicted molar refractivity (Wildman–Crippen MR) is 50.0 cm³/mol. The molecule has 4 nitrogen and oxygen atoms in total. The summed E-state index contributed by atoms with van der Waals surface area (Å²) in [5.74, 6) is 0.582. The van der Waals surface area contributed by atoms with Gasteiger partial charge in [0.2, 0.25) is 0 Å². The van der Waals surface area contributed by atoms with Crippen LogP contribution in [0.1, 0.15) is 18.3 Å². The summed E-state index contributed by atoms with van der Waals surface area (Å²) in [4.78, 5) is 4.07. The summed E-state index contributed by atoms with van der Waals surface area (Å²) in [6.07, 6.45) is 1.46. The van der Waals surface area contributed by atoms with Gasteiger partial charge in [0, 0.05) is 5.56 Å². The highest BCUT2D eigenvalue weighted by Gasteiger charge is 2.39. The van der Waals surface area contributed by atoms with Crippen molar-refractivity contribution >= 4 is 0 Å². The molecule has 1 unspecified atom stereocenters. The van der Waals surface area contributed by atoms with Crippen LogP contribution >= 0.6 is 0 Å². The zero-order valence-corrected chi connectivity index (χ0v) is 7.68. The topological polar surface area (TPSA) is 50.9 Å². The molecule has 0 fully saturated rings. The Bertz CT molecular complexity index is 502. The van der Waals surface area contributed by atoms with Crippen molar-refractivity contribution in [3.05, 3.63) is 42.0 Å². The number of aliphatic hydroxyl groups is 1. The van der Waals surface area contributed by atoms with Crippen LogP contribution in [0.15, 0.2) is 30.6 Å². The Morgan fingerprint density at radius 1 is 1.36 bits per heavy atom. The van der Waals surface area contributed by atoms with E-state index in [2.05, 4.69) is 10.1 Å². The van der Waals surface area contributed by atoms with Crippen molar-refractivity contribution in [2.24, 2.45) is 0 Å². The SMILES string of the molecule is CC1(O)c2ccccc2-n2ncnc21. The summed E-state index contributed by atoms with van der Waals surface area (Å²) in [5.41, 5.74) is 0.744. The Labute approximate surface area is 80.8 Å². The monoisotopic (exact) mass is 187 g/mol. The van der Waals surface area contributed by atoms with Crippen molar-refractivity contribution in [1.29, 1.82) is 0 Å². The highest BCUT2D eigenvalue weighted by molar-refractivity contribution is 5.52. The van der Waals surface area contributed by atoms with E-state index in [0.29, 0.717) is 5.82 Å². The zero-order valence-electron chi connectivity index (χ0n) is 7.68. The molecule has 0 spiro atoms. The van der Waals surface area contributed by atoms with Crippen LogP contribution in [0, 0.1) is 0 Å². The molecule has 0 bridgehead atoms.